The number of aryl methyl sites for hydroxylation is 1. The lowest BCUT2D eigenvalue weighted by Crippen LogP contribution is -2.43. The Labute approximate surface area is 254 Å². The van der Waals surface area contributed by atoms with Gasteiger partial charge in [0.05, 0.1) is 17.0 Å². The van der Waals surface area contributed by atoms with Gasteiger partial charge in [-0.3, -0.25) is 9.88 Å². The van der Waals surface area contributed by atoms with Gasteiger partial charge in [-0.15, -0.1) is 0 Å². The lowest BCUT2D eigenvalue weighted by molar-refractivity contribution is 0.107. The van der Waals surface area contributed by atoms with Crippen molar-refractivity contribution >= 4 is 27.5 Å². The molecule has 0 amide bonds. The zero-order chi connectivity index (χ0) is 30.2. The third-order valence-electron chi connectivity index (χ3n) is 10.5. The summed E-state index contributed by atoms with van der Waals surface area (Å²) >= 11 is 0. The number of benzene rings is 2. The molecule has 10 heteroatoms. The number of anilines is 1. The van der Waals surface area contributed by atoms with Crippen molar-refractivity contribution in [3.63, 3.8) is 0 Å². The molecule has 5 heterocycles. The van der Waals surface area contributed by atoms with Crippen LogP contribution in [0.3, 0.4) is 0 Å². The van der Waals surface area contributed by atoms with Crippen LogP contribution < -0.4 is 9.64 Å². The molecule has 0 spiro atoms. The van der Waals surface area contributed by atoms with Crippen LogP contribution in [-0.4, -0.2) is 75.1 Å². The molecule has 3 unspecified atom stereocenters. The van der Waals surface area contributed by atoms with Gasteiger partial charge in [0.1, 0.15) is 35.6 Å². The first-order valence-electron chi connectivity index (χ1n) is 15.9. The second-order valence-corrected chi connectivity index (χ2v) is 13.2. The van der Waals surface area contributed by atoms with Crippen LogP contribution in [0.1, 0.15) is 51.0 Å². The summed E-state index contributed by atoms with van der Waals surface area (Å²) in [5, 5.41) is 12.4. The number of hydrogen-bond acceptors (Lipinski definition) is 7. The average molecular weight is 604 g/mol. The summed E-state index contributed by atoms with van der Waals surface area (Å²) in [5.41, 5.74) is 0.780. The number of ether oxygens (including phenoxy) is 1. The standard InChI is InChI=1S/C34H36F3N5O2/c1-2-24-27(36)8-7-20-5-3-6-25(28(20)24)30-29(37)31-26(15-38-30)32(42-16-19-11-22(42)13-23(43)12-19)40-33(39-31)44-18-34-9-4-10-41(34)17-21(35)14-34/h3,5-8,15,19,21-23,43H,2,4,9-14,16-18H2,1H3/t19?,21-,22?,23?,34+/m1/s1. The number of aromatic nitrogens is 3. The number of halogens is 3. The lowest BCUT2D eigenvalue weighted by Gasteiger charge is -2.31. The molecule has 7 nitrogen and oxygen atoms in total. The van der Waals surface area contributed by atoms with Gasteiger partial charge in [0.2, 0.25) is 0 Å². The number of rotatable bonds is 6. The molecule has 3 saturated heterocycles. The van der Waals surface area contributed by atoms with E-state index in [-0.39, 0.29) is 41.8 Å². The van der Waals surface area contributed by atoms with E-state index in [1.807, 2.05) is 19.1 Å². The topological polar surface area (TPSA) is 74.6 Å². The van der Waals surface area contributed by atoms with Crippen LogP contribution in [-0.2, 0) is 6.42 Å². The average Bonchev–Trinajstić information content (AvgIpc) is 3.64. The summed E-state index contributed by atoms with van der Waals surface area (Å²) in [6, 6.07) is 8.74. The molecule has 2 bridgehead atoms. The highest BCUT2D eigenvalue weighted by Gasteiger charge is 2.49. The highest BCUT2D eigenvalue weighted by atomic mass is 19.1. The van der Waals surface area contributed by atoms with E-state index in [1.165, 1.54) is 6.07 Å². The van der Waals surface area contributed by atoms with E-state index in [1.54, 1.807) is 18.3 Å². The molecule has 5 atom stereocenters. The number of hydrogen-bond donors (Lipinski definition) is 1. The number of aliphatic hydroxyl groups is 1. The second kappa shape index (κ2) is 10.5. The highest BCUT2D eigenvalue weighted by Crippen LogP contribution is 2.43. The zero-order valence-electron chi connectivity index (χ0n) is 24.8. The minimum absolute atomic E-state index is 0.0484. The molecule has 2 aromatic heterocycles. The van der Waals surface area contributed by atoms with Crippen molar-refractivity contribution < 1.29 is 23.0 Å². The maximum atomic E-state index is 16.8. The third kappa shape index (κ3) is 4.43. The van der Waals surface area contributed by atoms with Crippen molar-refractivity contribution in [3.05, 3.63) is 53.7 Å². The molecule has 3 aliphatic heterocycles. The van der Waals surface area contributed by atoms with Crippen LogP contribution >= 0.6 is 0 Å². The minimum atomic E-state index is -0.896. The van der Waals surface area contributed by atoms with Crippen LogP contribution in [0.5, 0.6) is 6.01 Å². The minimum Gasteiger partial charge on any atom is -0.461 e. The van der Waals surface area contributed by atoms with E-state index in [2.05, 4.69) is 19.8 Å². The normalized spacial score (nSPS) is 28.3. The van der Waals surface area contributed by atoms with E-state index < -0.39 is 17.5 Å². The number of nitrogens with zero attached hydrogens (tertiary/aromatic N) is 5. The van der Waals surface area contributed by atoms with E-state index in [0.717, 1.165) is 37.6 Å². The fraction of sp³-hybridized carbons (Fsp3) is 0.500. The first-order chi connectivity index (χ1) is 21.3. The van der Waals surface area contributed by atoms with Crippen molar-refractivity contribution in [3.8, 4) is 17.3 Å². The summed E-state index contributed by atoms with van der Waals surface area (Å²) in [6.07, 6.45) is 5.28. The summed E-state index contributed by atoms with van der Waals surface area (Å²) in [5.74, 6) is -0.0982. The Balaban J connectivity index is 1.27. The Morgan fingerprint density at radius 2 is 1.98 bits per heavy atom. The predicted octanol–water partition coefficient (Wildman–Crippen LogP) is 5.99. The van der Waals surface area contributed by atoms with Gasteiger partial charge >= 0.3 is 6.01 Å². The van der Waals surface area contributed by atoms with E-state index in [9.17, 15) is 13.9 Å². The number of fused-ring (bicyclic) bond motifs is 5. The summed E-state index contributed by atoms with van der Waals surface area (Å²) in [4.78, 5) is 18.4. The van der Waals surface area contributed by atoms with Crippen molar-refractivity contribution in [1.29, 1.82) is 0 Å². The Bertz CT molecular complexity index is 1770. The van der Waals surface area contributed by atoms with Gasteiger partial charge in [-0.1, -0.05) is 31.2 Å². The molecule has 1 N–H and O–H groups in total. The predicted molar refractivity (Wildman–Crippen MR) is 163 cm³/mol. The molecular weight excluding hydrogens is 567 g/mol. The molecule has 4 aromatic rings. The quantitative estimate of drug-likeness (QED) is 0.290. The molecular formula is C34H36F3N5O2. The van der Waals surface area contributed by atoms with Crippen LogP contribution in [0.4, 0.5) is 19.0 Å². The number of aliphatic hydroxyl groups excluding tert-OH is 1. The summed E-state index contributed by atoms with van der Waals surface area (Å²) in [7, 11) is 0. The SMILES string of the molecule is CCc1c(F)ccc2cccc(-c3ncc4c(N5CC6CC(O)CC5C6)nc(OC[C@@]56CCCN5C[C@H](F)C6)nc4c3F)c12. The van der Waals surface area contributed by atoms with E-state index in [0.29, 0.717) is 66.0 Å². The Kier molecular flexibility index (Phi) is 6.71. The highest BCUT2D eigenvalue weighted by molar-refractivity contribution is 6.01. The first kappa shape index (κ1) is 28.0. The fourth-order valence-electron chi connectivity index (χ4n) is 8.57. The van der Waals surface area contributed by atoms with Gasteiger partial charge in [0.25, 0.3) is 0 Å². The van der Waals surface area contributed by atoms with Crippen molar-refractivity contribution in [1.82, 2.24) is 19.9 Å². The Morgan fingerprint density at radius 3 is 2.84 bits per heavy atom. The van der Waals surface area contributed by atoms with Crippen LogP contribution in [0.15, 0.2) is 36.5 Å². The summed E-state index contributed by atoms with van der Waals surface area (Å²) in [6.45, 7) is 4.04. The molecule has 2 aromatic carbocycles. The molecule has 230 valence electrons. The van der Waals surface area contributed by atoms with Gasteiger partial charge in [0.15, 0.2) is 5.82 Å². The van der Waals surface area contributed by atoms with Gasteiger partial charge < -0.3 is 14.7 Å². The van der Waals surface area contributed by atoms with Crippen LogP contribution in [0.2, 0.25) is 0 Å². The Hall–Kier alpha value is -3.50. The van der Waals surface area contributed by atoms with Gasteiger partial charge in [-0.25, -0.2) is 13.2 Å². The molecule has 4 fully saturated rings. The summed E-state index contributed by atoms with van der Waals surface area (Å²) < 4.78 is 52.4. The maximum Gasteiger partial charge on any atom is 0.319 e. The van der Waals surface area contributed by atoms with E-state index >= 15 is 4.39 Å². The second-order valence-electron chi connectivity index (χ2n) is 13.2. The zero-order valence-corrected chi connectivity index (χ0v) is 24.8. The largest absolute Gasteiger partial charge is 0.461 e. The van der Waals surface area contributed by atoms with Gasteiger partial charge in [0, 0.05) is 37.3 Å². The molecule has 4 aliphatic rings. The van der Waals surface area contributed by atoms with Crippen molar-refractivity contribution in [2.24, 2.45) is 5.92 Å². The van der Waals surface area contributed by atoms with E-state index in [4.69, 9.17) is 9.72 Å². The lowest BCUT2D eigenvalue weighted by atomic mass is 9.88. The molecule has 1 saturated carbocycles. The number of pyridine rings is 1. The number of alkyl halides is 1. The van der Waals surface area contributed by atoms with Crippen LogP contribution in [0.25, 0.3) is 32.9 Å². The molecule has 8 rings (SSSR count). The smallest absolute Gasteiger partial charge is 0.319 e. The van der Waals surface area contributed by atoms with Crippen molar-refractivity contribution in [2.75, 3.05) is 31.1 Å². The van der Waals surface area contributed by atoms with Gasteiger partial charge in [-0.2, -0.15) is 9.97 Å². The Morgan fingerprint density at radius 1 is 1.09 bits per heavy atom. The monoisotopic (exact) mass is 603 g/mol. The molecule has 1 aliphatic carbocycles. The van der Waals surface area contributed by atoms with Gasteiger partial charge in [-0.05, 0) is 73.4 Å². The fourth-order valence-corrected chi connectivity index (χ4v) is 8.57. The molecule has 44 heavy (non-hydrogen) atoms. The third-order valence-corrected chi connectivity index (χ3v) is 10.5. The van der Waals surface area contributed by atoms with Crippen molar-refractivity contribution in [2.45, 2.75) is 75.7 Å². The maximum absolute atomic E-state index is 16.8. The molecule has 0 radical (unpaired) electrons. The van der Waals surface area contributed by atoms with Crippen LogP contribution in [0, 0.1) is 17.6 Å². The first-order valence-corrected chi connectivity index (χ1v) is 15.9.